The summed E-state index contributed by atoms with van der Waals surface area (Å²) in [5.74, 6) is -0.228. The molecule has 0 bridgehead atoms. The molecule has 1 aromatic heterocycles. The second-order valence-electron chi connectivity index (χ2n) is 5.30. The number of hydrogen-bond acceptors (Lipinski definition) is 2. The first-order valence-corrected chi connectivity index (χ1v) is 7.83. The second kappa shape index (κ2) is 7.32. The van der Waals surface area contributed by atoms with Gasteiger partial charge in [0.15, 0.2) is 0 Å². The van der Waals surface area contributed by atoms with Crippen molar-refractivity contribution in [3.8, 4) is 0 Å². The molecule has 1 amide bonds. The number of halogens is 2. The van der Waals surface area contributed by atoms with E-state index < -0.39 is 11.9 Å². The van der Waals surface area contributed by atoms with Gasteiger partial charge in [0, 0.05) is 10.6 Å². The number of benzene rings is 2. The third-order valence-corrected chi connectivity index (χ3v) is 4.02. The van der Waals surface area contributed by atoms with Crippen molar-refractivity contribution in [3.63, 3.8) is 0 Å². The van der Waals surface area contributed by atoms with Crippen molar-refractivity contribution in [2.24, 2.45) is 0 Å². The highest BCUT2D eigenvalue weighted by atomic mass is 35.5. The Labute approximate surface area is 144 Å². The van der Waals surface area contributed by atoms with Gasteiger partial charge in [0.05, 0.1) is 12.7 Å². The molecule has 5 heteroatoms. The van der Waals surface area contributed by atoms with E-state index in [9.17, 15) is 9.18 Å². The predicted octanol–water partition coefficient (Wildman–Crippen LogP) is 4.52. The lowest BCUT2D eigenvalue weighted by Crippen LogP contribution is -2.30. The molecule has 0 saturated heterocycles. The van der Waals surface area contributed by atoms with Gasteiger partial charge in [0.2, 0.25) is 5.91 Å². The zero-order chi connectivity index (χ0) is 16.9. The highest BCUT2D eigenvalue weighted by Crippen LogP contribution is 2.24. The van der Waals surface area contributed by atoms with Gasteiger partial charge in [0.25, 0.3) is 0 Å². The maximum atomic E-state index is 13.9. The molecule has 0 radical (unpaired) electrons. The Morgan fingerprint density at radius 3 is 2.54 bits per heavy atom. The molecular formula is C19H15ClFNO2. The van der Waals surface area contributed by atoms with Crippen LogP contribution >= 0.6 is 11.6 Å². The van der Waals surface area contributed by atoms with Crippen LogP contribution in [0.1, 0.15) is 22.9 Å². The predicted molar refractivity (Wildman–Crippen MR) is 90.2 cm³/mol. The zero-order valence-corrected chi connectivity index (χ0v) is 13.5. The van der Waals surface area contributed by atoms with Gasteiger partial charge in [-0.3, -0.25) is 4.79 Å². The molecule has 3 nitrogen and oxygen atoms in total. The Balaban J connectivity index is 1.82. The average Bonchev–Trinajstić information content (AvgIpc) is 3.11. The molecule has 1 N–H and O–H groups in total. The van der Waals surface area contributed by atoms with E-state index in [0.717, 1.165) is 5.56 Å². The van der Waals surface area contributed by atoms with Crippen LogP contribution in [0.4, 0.5) is 4.39 Å². The van der Waals surface area contributed by atoms with E-state index in [1.807, 2.05) is 30.3 Å². The van der Waals surface area contributed by atoms with Crippen LogP contribution in [0.15, 0.2) is 71.3 Å². The molecule has 1 heterocycles. The van der Waals surface area contributed by atoms with Crippen LogP contribution in [0.25, 0.3) is 0 Å². The van der Waals surface area contributed by atoms with Crippen LogP contribution in [0.3, 0.4) is 0 Å². The highest BCUT2D eigenvalue weighted by molar-refractivity contribution is 6.31. The summed E-state index contributed by atoms with van der Waals surface area (Å²) in [6.45, 7) is 0. The first-order chi connectivity index (χ1) is 11.6. The molecule has 0 saturated carbocycles. The Morgan fingerprint density at radius 1 is 1.08 bits per heavy atom. The molecule has 0 aliphatic carbocycles. The molecular weight excluding hydrogens is 329 g/mol. The summed E-state index contributed by atoms with van der Waals surface area (Å²) >= 11 is 5.99. The molecule has 0 unspecified atom stereocenters. The molecule has 0 fully saturated rings. The van der Waals surface area contributed by atoms with Gasteiger partial charge in [-0.1, -0.05) is 48.0 Å². The number of carbonyl (C=O) groups is 1. The molecule has 0 aliphatic heterocycles. The van der Waals surface area contributed by atoms with Gasteiger partial charge in [-0.2, -0.15) is 0 Å². The lowest BCUT2D eigenvalue weighted by Gasteiger charge is -2.17. The molecule has 0 aliphatic rings. The van der Waals surface area contributed by atoms with Crippen molar-refractivity contribution in [2.45, 2.75) is 12.5 Å². The van der Waals surface area contributed by atoms with Gasteiger partial charge >= 0.3 is 0 Å². The summed E-state index contributed by atoms with van der Waals surface area (Å²) in [6.07, 6.45) is 1.40. The van der Waals surface area contributed by atoms with Crippen molar-refractivity contribution in [1.82, 2.24) is 5.32 Å². The van der Waals surface area contributed by atoms with Crippen LogP contribution in [0.5, 0.6) is 0 Å². The van der Waals surface area contributed by atoms with Crippen molar-refractivity contribution in [2.75, 3.05) is 0 Å². The van der Waals surface area contributed by atoms with Crippen LogP contribution in [-0.2, 0) is 11.2 Å². The monoisotopic (exact) mass is 343 g/mol. The topological polar surface area (TPSA) is 42.2 Å². The van der Waals surface area contributed by atoms with Crippen molar-refractivity contribution >= 4 is 17.5 Å². The second-order valence-corrected chi connectivity index (χ2v) is 5.71. The Kier molecular flexibility index (Phi) is 4.96. The van der Waals surface area contributed by atoms with E-state index in [1.54, 1.807) is 24.5 Å². The van der Waals surface area contributed by atoms with Gasteiger partial charge in [-0.15, -0.1) is 0 Å². The quantitative estimate of drug-likeness (QED) is 0.740. The average molecular weight is 344 g/mol. The van der Waals surface area contributed by atoms with Crippen molar-refractivity contribution in [3.05, 3.63) is 94.7 Å². The number of carbonyl (C=O) groups excluding carboxylic acids is 1. The van der Waals surface area contributed by atoms with Crippen molar-refractivity contribution in [1.29, 1.82) is 0 Å². The zero-order valence-electron chi connectivity index (χ0n) is 12.7. The van der Waals surface area contributed by atoms with Gasteiger partial charge in [-0.25, -0.2) is 4.39 Å². The summed E-state index contributed by atoms with van der Waals surface area (Å²) in [7, 11) is 0. The number of hydrogen-bond donors (Lipinski definition) is 1. The maximum Gasteiger partial charge on any atom is 0.225 e. The maximum absolute atomic E-state index is 13.9. The first-order valence-electron chi connectivity index (χ1n) is 7.46. The number of nitrogens with one attached hydrogen (secondary N) is 1. The van der Waals surface area contributed by atoms with Crippen LogP contribution in [0.2, 0.25) is 5.02 Å². The number of furan rings is 1. The van der Waals surface area contributed by atoms with Crippen LogP contribution in [0, 0.1) is 5.82 Å². The van der Waals surface area contributed by atoms with Crippen LogP contribution < -0.4 is 5.32 Å². The SMILES string of the molecule is O=C(Cc1c(F)cccc1Cl)N[C@H](c1ccccc1)c1ccco1. The molecule has 0 spiro atoms. The Hall–Kier alpha value is -2.59. The summed E-state index contributed by atoms with van der Waals surface area (Å²) in [6, 6.07) is 16.9. The summed E-state index contributed by atoms with van der Waals surface area (Å²) in [4.78, 5) is 12.4. The summed E-state index contributed by atoms with van der Waals surface area (Å²) in [5.41, 5.74) is 1.06. The normalized spacial score (nSPS) is 11.9. The fraction of sp³-hybridized carbons (Fsp3) is 0.105. The minimum Gasteiger partial charge on any atom is -0.467 e. The molecule has 24 heavy (non-hydrogen) atoms. The van der Waals surface area contributed by atoms with Crippen molar-refractivity contribution < 1.29 is 13.6 Å². The van der Waals surface area contributed by atoms with E-state index in [4.69, 9.17) is 16.0 Å². The summed E-state index contributed by atoms with van der Waals surface area (Å²) < 4.78 is 19.3. The highest BCUT2D eigenvalue weighted by Gasteiger charge is 2.20. The number of rotatable bonds is 5. The van der Waals surface area contributed by atoms with E-state index in [1.165, 1.54) is 12.1 Å². The van der Waals surface area contributed by atoms with E-state index in [0.29, 0.717) is 5.76 Å². The lowest BCUT2D eigenvalue weighted by molar-refractivity contribution is -0.121. The smallest absolute Gasteiger partial charge is 0.225 e. The van der Waals surface area contributed by atoms with E-state index in [2.05, 4.69) is 5.32 Å². The van der Waals surface area contributed by atoms with Gasteiger partial charge in [-0.05, 0) is 29.8 Å². The Morgan fingerprint density at radius 2 is 1.88 bits per heavy atom. The van der Waals surface area contributed by atoms with E-state index in [-0.39, 0.29) is 22.9 Å². The first kappa shape index (κ1) is 16.3. The fourth-order valence-corrected chi connectivity index (χ4v) is 2.72. The van der Waals surface area contributed by atoms with Gasteiger partial charge in [0.1, 0.15) is 17.6 Å². The third-order valence-electron chi connectivity index (χ3n) is 3.66. The molecule has 3 aromatic rings. The minimum atomic E-state index is -0.494. The molecule has 2 aromatic carbocycles. The fourth-order valence-electron chi connectivity index (χ4n) is 2.49. The molecule has 1 atom stereocenters. The third kappa shape index (κ3) is 3.66. The van der Waals surface area contributed by atoms with Gasteiger partial charge < -0.3 is 9.73 Å². The Bertz CT molecular complexity index is 798. The minimum absolute atomic E-state index is 0.143. The number of amides is 1. The molecule has 3 rings (SSSR count). The lowest BCUT2D eigenvalue weighted by atomic mass is 10.0. The van der Waals surface area contributed by atoms with E-state index >= 15 is 0 Å². The summed E-state index contributed by atoms with van der Waals surface area (Å²) in [5, 5.41) is 3.12. The van der Waals surface area contributed by atoms with Crippen LogP contribution in [-0.4, -0.2) is 5.91 Å². The standard InChI is InChI=1S/C19H15ClFNO2/c20-15-8-4-9-16(21)14(15)12-18(23)22-19(17-10-5-11-24-17)13-6-2-1-3-7-13/h1-11,19H,12H2,(H,22,23)/t19-/m1/s1. The largest absolute Gasteiger partial charge is 0.467 e. The molecule has 122 valence electrons.